The minimum atomic E-state index is -0.149. The van der Waals surface area contributed by atoms with Crippen molar-refractivity contribution in [3.63, 3.8) is 0 Å². The van der Waals surface area contributed by atoms with E-state index in [0.29, 0.717) is 18.9 Å². The molecule has 1 aliphatic carbocycles. The van der Waals surface area contributed by atoms with Crippen LogP contribution in [0.15, 0.2) is 30.3 Å². The molecule has 1 saturated carbocycles. The monoisotopic (exact) mass is 300 g/mol. The highest BCUT2D eigenvalue weighted by atomic mass is 16.2. The van der Waals surface area contributed by atoms with Gasteiger partial charge in [0.2, 0.25) is 11.8 Å². The number of piperidine rings is 1. The summed E-state index contributed by atoms with van der Waals surface area (Å²) < 4.78 is 0. The number of rotatable bonds is 3. The summed E-state index contributed by atoms with van der Waals surface area (Å²) in [5, 5.41) is 3.21. The van der Waals surface area contributed by atoms with Crippen molar-refractivity contribution in [2.45, 2.75) is 50.6 Å². The maximum absolute atomic E-state index is 12.7. The SMILES string of the molecule is CN1C(=O)CC[C@@H](C(=O)NC2CCCC2)[C@H]1c1ccccc1. The van der Waals surface area contributed by atoms with Gasteiger partial charge in [-0.05, 0) is 24.8 Å². The third kappa shape index (κ3) is 3.01. The van der Waals surface area contributed by atoms with Crippen molar-refractivity contribution in [2.75, 3.05) is 7.05 Å². The second kappa shape index (κ2) is 6.51. The smallest absolute Gasteiger partial charge is 0.225 e. The maximum Gasteiger partial charge on any atom is 0.225 e. The minimum absolute atomic E-state index is 0.111. The molecule has 1 heterocycles. The van der Waals surface area contributed by atoms with E-state index >= 15 is 0 Å². The summed E-state index contributed by atoms with van der Waals surface area (Å²) in [5.41, 5.74) is 1.05. The van der Waals surface area contributed by atoms with E-state index in [1.165, 1.54) is 12.8 Å². The summed E-state index contributed by atoms with van der Waals surface area (Å²) in [5.74, 6) is 0.0876. The van der Waals surface area contributed by atoms with Crippen LogP contribution in [0.5, 0.6) is 0 Å². The van der Waals surface area contributed by atoms with E-state index < -0.39 is 0 Å². The predicted octanol–water partition coefficient (Wildman–Crippen LogP) is 2.65. The highest BCUT2D eigenvalue weighted by Gasteiger charge is 2.39. The molecule has 22 heavy (non-hydrogen) atoms. The Labute approximate surface area is 131 Å². The van der Waals surface area contributed by atoms with Crippen LogP contribution >= 0.6 is 0 Å². The van der Waals surface area contributed by atoms with Crippen LogP contribution in [0.25, 0.3) is 0 Å². The zero-order valence-corrected chi connectivity index (χ0v) is 13.1. The average molecular weight is 300 g/mol. The van der Waals surface area contributed by atoms with Gasteiger partial charge in [-0.2, -0.15) is 0 Å². The Kier molecular flexibility index (Phi) is 4.46. The van der Waals surface area contributed by atoms with Gasteiger partial charge in [-0.3, -0.25) is 9.59 Å². The number of amides is 2. The molecule has 1 aliphatic heterocycles. The van der Waals surface area contributed by atoms with Crippen molar-refractivity contribution in [1.29, 1.82) is 0 Å². The van der Waals surface area contributed by atoms with E-state index in [1.807, 2.05) is 37.4 Å². The van der Waals surface area contributed by atoms with E-state index in [0.717, 1.165) is 18.4 Å². The molecule has 2 fully saturated rings. The molecule has 1 aromatic carbocycles. The predicted molar refractivity (Wildman–Crippen MR) is 85.1 cm³/mol. The molecule has 118 valence electrons. The van der Waals surface area contributed by atoms with Gasteiger partial charge in [0.25, 0.3) is 0 Å². The Balaban J connectivity index is 1.80. The standard InChI is InChI=1S/C18H24N2O2/c1-20-16(21)12-11-15(17(20)13-7-3-2-4-8-13)18(22)19-14-9-5-6-10-14/h2-4,7-8,14-15,17H,5-6,9-12H2,1H3,(H,19,22)/t15-,17-/m1/s1. The van der Waals surface area contributed by atoms with Crippen LogP contribution in [0.2, 0.25) is 0 Å². The van der Waals surface area contributed by atoms with Gasteiger partial charge in [0, 0.05) is 19.5 Å². The molecule has 4 heteroatoms. The molecule has 1 aromatic rings. The van der Waals surface area contributed by atoms with E-state index in [2.05, 4.69) is 5.32 Å². The third-order valence-corrected chi connectivity index (χ3v) is 5.04. The van der Waals surface area contributed by atoms with Crippen LogP contribution < -0.4 is 5.32 Å². The molecule has 1 saturated heterocycles. The van der Waals surface area contributed by atoms with Gasteiger partial charge in [-0.1, -0.05) is 43.2 Å². The first-order chi connectivity index (χ1) is 10.7. The fourth-order valence-electron chi connectivity index (χ4n) is 3.80. The molecule has 2 atom stereocenters. The molecule has 4 nitrogen and oxygen atoms in total. The van der Waals surface area contributed by atoms with Gasteiger partial charge >= 0.3 is 0 Å². The lowest BCUT2D eigenvalue weighted by Gasteiger charge is -2.39. The Bertz CT molecular complexity index is 537. The summed E-state index contributed by atoms with van der Waals surface area (Å²) >= 11 is 0. The molecule has 0 aromatic heterocycles. The Morgan fingerprint density at radius 2 is 1.82 bits per heavy atom. The Hall–Kier alpha value is -1.84. The van der Waals surface area contributed by atoms with Crippen LogP contribution in [0.4, 0.5) is 0 Å². The second-order valence-electron chi connectivity index (χ2n) is 6.50. The fraction of sp³-hybridized carbons (Fsp3) is 0.556. The molecule has 2 amide bonds. The van der Waals surface area contributed by atoms with Gasteiger partial charge < -0.3 is 10.2 Å². The first-order valence-corrected chi connectivity index (χ1v) is 8.28. The fourth-order valence-corrected chi connectivity index (χ4v) is 3.80. The van der Waals surface area contributed by atoms with Gasteiger partial charge in [0.1, 0.15) is 0 Å². The Morgan fingerprint density at radius 1 is 1.14 bits per heavy atom. The highest BCUT2D eigenvalue weighted by Crippen LogP contribution is 2.36. The van der Waals surface area contributed by atoms with Crippen LogP contribution in [-0.2, 0) is 9.59 Å². The first kappa shape index (κ1) is 15.1. The van der Waals surface area contributed by atoms with Gasteiger partial charge in [0.15, 0.2) is 0 Å². The van der Waals surface area contributed by atoms with Gasteiger partial charge in [0.05, 0.1) is 12.0 Å². The van der Waals surface area contributed by atoms with E-state index in [9.17, 15) is 9.59 Å². The number of carbonyl (C=O) groups excluding carboxylic acids is 2. The largest absolute Gasteiger partial charge is 0.353 e. The molecule has 0 spiro atoms. The molecular formula is C18H24N2O2. The summed E-state index contributed by atoms with van der Waals surface area (Å²) in [7, 11) is 1.81. The van der Waals surface area contributed by atoms with Crippen molar-refractivity contribution in [3.8, 4) is 0 Å². The van der Waals surface area contributed by atoms with E-state index in [1.54, 1.807) is 4.90 Å². The lowest BCUT2D eigenvalue weighted by Crippen LogP contribution is -2.48. The lowest BCUT2D eigenvalue weighted by atomic mass is 9.84. The third-order valence-electron chi connectivity index (χ3n) is 5.04. The number of carbonyl (C=O) groups is 2. The van der Waals surface area contributed by atoms with Crippen molar-refractivity contribution in [3.05, 3.63) is 35.9 Å². The molecular weight excluding hydrogens is 276 g/mol. The number of nitrogens with one attached hydrogen (secondary N) is 1. The minimum Gasteiger partial charge on any atom is -0.353 e. The van der Waals surface area contributed by atoms with Crippen LogP contribution in [0, 0.1) is 5.92 Å². The number of hydrogen-bond acceptors (Lipinski definition) is 2. The number of hydrogen-bond donors (Lipinski definition) is 1. The van der Waals surface area contributed by atoms with Gasteiger partial charge in [-0.25, -0.2) is 0 Å². The van der Waals surface area contributed by atoms with Gasteiger partial charge in [-0.15, -0.1) is 0 Å². The summed E-state index contributed by atoms with van der Waals surface area (Å²) in [6.45, 7) is 0. The molecule has 1 N–H and O–H groups in total. The molecule has 0 radical (unpaired) electrons. The van der Waals surface area contributed by atoms with Crippen LogP contribution in [0.1, 0.15) is 50.1 Å². The summed E-state index contributed by atoms with van der Waals surface area (Å²) in [4.78, 5) is 26.6. The summed E-state index contributed by atoms with van der Waals surface area (Å²) in [6, 6.07) is 10.1. The van der Waals surface area contributed by atoms with E-state index in [-0.39, 0.29) is 23.8 Å². The topological polar surface area (TPSA) is 49.4 Å². The lowest BCUT2D eigenvalue weighted by molar-refractivity contribution is -0.141. The maximum atomic E-state index is 12.7. The molecule has 0 unspecified atom stereocenters. The Morgan fingerprint density at radius 3 is 2.50 bits per heavy atom. The normalized spacial score (nSPS) is 26.2. The second-order valence-corrected chi connectivity index (χ2v) is 6.50. The average Bonchev–Trinajstić information content (AvgIpc) is 3.03. The molecule has 2 aliphatic rings. The molecule has 3 rings (SSSR count). The zero-order valence-electron chi connectivity index (χ0n) is 13.1. The quantitative estimate of drug-likeness (QED) is 0.933. The van der Waals surface area contributed by atoms with Crippen molar-refractivity contribution < 1.29 is 9.59 Å². The van der Waals surface area contributed by atoms with E-state index in [4.69, 9.17) is 0 Å². The van der Waals surface area contributed by atoms with Crippen LogP contribution in [0.3, 0.4) is 0 Å². The number of benzene rings is 1. The highest BCUT2D eigenvalue weighted by molar-refractivity contribution is 5.85. The van der Waals surface area contributed by atoms with Crippen LogP contribution in [-0.4, -0.2) is 29.8 Å². The van der Waals surface area contributed by atoms with Crippen molar-refractivity contribution >= 4 is 11.8 Å². The molecule has 0 bridgehead atoms. The number of nitrogens with zero attached hydrogens (tertiary/aromatic N) is 1. The summed E-state index contributed by atoms with van der Waals surface area (Å²) in [6.07, 6.45) is 5.68. The first-order valence-electron chi connectivity index (χ1n) is 8.28. The number of likely N-dealkylation sites (tertiary alicyclic amines) is 1. The zero-order chi connectivity index (χ0) is 15.5. The van der Waals surface area contributed by atoms with Crippen molar-refractivity contribution in [2.24, 2.45) is 5.92 Å². The van der Waals surface area contributed by atoms with Crippen molar-refractivity contribution in [1.82, 2.24) is 10.2 Å².